The molecule has 1 heterocycles. The molecule has 1 aliphatic heterocycles. The first-order valence-electron chi connectivity index (χ1n) is 7.70. The molecule has 18 heavy (non-hydrogen) atoms. The number of cyclic esters (lactones) is 1. The molecule has 2 heteroatoms. The van der Waals surface area contributed by atoms with Crippen molar-refractivity contribution in [3.05, 3.63) is 12.2 Å². The van der Waals surface area contributed by atoms with Crippen LogP contribution < -0.4 is 0 Å². The van der Waals surface area contributed by atoms with Crippen LogP contribution in [0.15, 0.2) is 12.2 Å². The van der Waals surface area contributed by atoms with Crippen molar-refractivity contribution in [3.8, 4) is 0 Å². The zero-order valence-electron chi connectivity index (χ0n) is 11.7. The average molecular weight is 252 g/mol. The van der Waals surface area contributed by atoms with Crippen molar-refractivity contribution < 1.29 is 9.53 Å². The molecule has 0 atom stereocenters. The maximum Gasteiger partial charge on any atom is 0.305 e. The van der Waals surface area contributed by atoms with Crippen LogP contribution in [0.3, 0.4) is 0 Å². The number of hydrogen-bond acceptors (Lipinski definition) is 2. The quantitative estimate of drug-likeness (QED) is 0.458. The van der Waals surface area contributed by atoms with E-state index in [0.717, 1.165) is 25.7 Å². The van der Waals surface area contributed by atoms with Crippen molar-refractivity contribution in [2.75, 3.05) is 6.61 Å². The summed E-state index contributed by atoms with van der Waals surface area (Å²) in [4.78, 5) is 11.4. The number of carbonyl (C=O) groups excluding carboxylic acids is 1. The fourth-order valence-corrected chi connectivity index (χ4v) is 2.27. The lowest BCUT2D eigenvalue weighted by Crippen LogP contribution is -2.05. The standard InChI is InChI=1S/C16H28O2/c17-16-14-12-10-8-6-4-2-1-3-5-7-9-11-13-15-18-16/h4,6H,1-3,5,7-15H2/b6-4-. The van der Waals surface area contributed by atoms with Crippen molar-refractivity contribution in [1.82, 2.24) is 0 Å². The molecule has 0 saturated carbocycles. The van der Waals surface area contributed by atoms with E-state index in [1.807, 2.05) is 0 Å². The number of ether oxygens (including phenoxy) is 1. The smallest absolute Gasteiger partial charge is 0.305 e. The Labute approximate surface area is 112 Å². The van der Waals surface area contributed by atoms with Crippen molar-refractivity contribution in [2.24, 2.45) is 0 Å². The van der Waals surface area contributed by atoms with Gasteiger partial charge in [-0.15, -0.1) is 0 Å². The molecule has 0 amide bonds. The van der Waals surface area contributed by atoms with Gasteiger partial charge >= 0.3 is 5.97 Å². The molecule has 0 fully saturated rings. The number of carbonyl (C=O) groups is 1. The molecule has 0 N–H and O–H groups in total. The highest BCUT2D eigenvalue weighted by Crippen LogP contribution is 2.10. The maximum atomic E-state index is 11.4. The average Bonchev–Trinajstić information content (AvgIpc) is 2.37. The fraction of sp³-hybridized carbons (Fsp3) is 0.812. The molecule has 1 aliphatic rings. The minimum atomic E-state index is -0.0108. The largest absolute Gasteiger partial charge is 0.466 e. The lowest BCUT2D eigenvalue weighted by atomic mass is 10.1. The van der Waals surface area contributed by atoms with E-state index in [1.165, 1.54) is 44.9 Å². The van der Waals surface area contributed by atoms with Gasteiger partial charge < -0.3 is 4.74 Å². The summed E-state index contributed by atoms with van der Waals surface area (Å²) in [7, 11) is 0. The summed E-state index contributed by atoms with van der Waals surface area (Å²) in [6.07, 6.45) is 18.5. The van der Waals surface area contributed by atoms with Crippen LogP contribution in [0.2, 0.25) is 0 Å². The molecule has 0 spiro atoms. The van der Waals surface area contributed by atoms with Crippen molar-refractivity contribution in [3.63, 3.8) is 0 Å². The van der Waals surface area contributed by atoms with Gasteiger partial charge in [-0.1, -0.05) is 44.3 Å². The molecule has 2 nitrogen and oxygen atoms in total. The van der Waals surface area contributed by atoms with Gasteiger partial charge in [-0.25, -0.2) is 0 Å². The Hall–Kier alpha value is -0.790. The van der Waals surface area contributed by atoms with E-state index in [9.17, 15) is 4.79 Å². The summed E-state index contributed by atoms with van der Waals surface area (Å²) in [5.41, 5.74) is 0. The van der Waals surface area contributed by atoms with Crippen molar-refractivity contribution in [1.29, 1.82) is 0 Å². The number of rotatable bonds is 0. The first-order chi connectivity index (χ1) is 8.89. The van der Waals surface area contributed by atoms with Crippen LogP contribution in [0.5, 0.6) is 0 Å². The van der Waals surface area contributed by atoms with Gasteiger partial charge in [0.05, 0.1) is 6.61 Å². The van der Waals surface area contributed by atoms with Gasteiger partial charge in [0.25, 0.3) is 0 Å². The van der Waals surface area contributed by atoms with E-state index in [4.69, 9.17) is 4.74 Å². The number of hydrogen-bond donors (Lipinski definition) is 0. The Bertz CT molecular complexity index is 233. The SMILES string of the molecule is O=C1CCCC/C=C\CCCCCCCCCO1. The highest BCUT2D eigenvalue weighted by molar-refractivity contribution is 5.69. The first kappa shape index (κ1) is 15.3. The summed E-state index contributed by atoms with van der Waals surface area (Å²) in [6.45, 7) is 0.624. The Morgan fingerprint density at radius 1 is 0.722 bits per heavy atom. The maximum absolute atomic E-state index is 11.4. The lowest BCUT2D eigenvalue weighted by molar-refractivity contribution is -0.143. The van der Waals surface area contributed by atoms with E-state index >= 15 is 0 Å². The van der Waals surface area contributed by atoms with Crippen LogP contribution in [0.1, 0.15) is 77.0 Å². The summed E-state index contributed by atoms with van der Waals surface area (Å²) >= 11 is 0. The van der Waals surface area contributed by atoms with Crippen LogP contribution in [0.25, 0.3) is 0 Å². The van der Waals surface area contributed by atoms with E-state index < -0.39 is 0 Å². The van der Waals surface area contributed by atoms with E-state index in [2.05, 4.69) is 12.2 Å². The normalized spacial score (nSPS) is 23.9. The van der Waals surface area contributed by atoms with Gasteiger partial charge in [0, 0.05) is 6.42 Å². The van der Waals surface area contributed by atoms with E-state index in [0.29, 0.717) is 13.0 Å². The molecule has 0 bridgehead atoms. The summed E-state index contributed by atoms with van der Waals surface area (Å²) in [5, 5.41) is 0. The molecule has 0 saturated heterocycles. The van der Waals surface area contributed by atoms with Gasteiger partial charge in [0.2, 0.25) is 0 Å². The molecule has 0 aromatic heterocycles. The molecule has 0 aromatic carbocycles. The Balaban J connectivity index is 2.17. The topological polar surface area (TPSA) is 26.3 Å². The van der Waals surface area contributed by atoms with Crippen molar-refractivity contribution in [2.45, 2.75) is 77.0 Å². The molecule has 0 radical (unpaired) electrons. The predicted octanol–water partition coefficient (Wildman–Crippen LogP) is 4.78. The fourth-order valence-electron chi connectivity index (χ4n) is 2.27. The summed E-state index contributed by atoms with van der Waals surface area (Å²) < 4.78 is 5.21. The van der Waals surface area contributed by atoms with E-state index in [-0.39, 0.29) is 5.97 Å². The number of esters is 1. The van der Waals surface area contributed by atoms with Gasteiger partial charge in [-0.3, -0.25) is 4.79 Å². The molecule has 0 aliphatic carbocycles. The Kier molecular flexibility index (Phi) is 9.59. The third-order valence-corrected chi connectivity index (χ3v) is 3.45. The molecule has 104 valence electrons. The van der Waals surface area contributed by atoms with Crippen LogP contribution in [-0.2, 0) is 9.53 Å². The molecule has 0 unspecified atom stereocenters. The lowest BCUT2D eigenvalue weighted by Gasteiger charge is -2.04. The highest BCUT2D eigenvalue weighted by atomic mass is 16.5. The van der Waals surface area contributed by atoms with Crippen LogP contribution in [0.4, 0.5) is 0 Å². The number of allylic oxidation sites excluding steroid dienone is 2. The molecule has 0 aromatic rings. The second kappa shape index (κ2) is 11.3. The minimum absolute atomic E-state index is 0.0108. The molecule has 1 rings (SSSR count). The van der Waals surface area contributed by atoms with Gasteiger partial charge in [0.1, 0.15) is 0 Å². The van der Waals surface area contributed by atoms with Gasteiger partial charge in [-0.2, -0.15) is 0 Å². The zero-order valence-corrected chi connectivity index (χ0v) is 11.7. The Morgan fingerprint density at radius 3 is 2.00 bits per heavy atom. The first-order valence-corrected chi connectivity index (χ1v) is 7.70. The third kappa shape index (κ3) is 9.26. The molecular weight excluding hydrogens is 224 g/mol. The Morgan fingerprint density at radius 2 is 1.28 bits per heavy atom. The zero-order chi connectivity index (χ0) is 12.9. The second-order valence-corrected chi connectivity index (χ2v) is 5.20. The van der Waals surface area contributed by atoms with Crippen molar-refractivity contribution >= 4 is 5.97 Å². The van der Waals surface area contributed by atoms with Gasteiger partial charge in [0.15, 0.2) is 0 Å². The second-order valence-electron chi connectivity index (χ2n) is 5.20. The third-order valence-electron chi connectivity index (χ3n) is 3.45. The van der Waals surface area contributed by atoms with Crippen LogP contribution in [-0.4, -0.2) is 12.6 Å². The monoisotopic (exact) mass is 252 g/mol. The van der Waals surface area contributed by atoms with Crippen LogP contribution >= 0.6 is 0 Å². The minimum Gasteiger partial charge on any atom is -0.466 e. The van der Waals surface area contributed by atoms with E-state index in [1.54, 1.807) is 0 Å². The summed E-state index contributed by atoms with van der Waals surface area (Å²) in [6, 6.07) is 0. The molecular formula is C16H28O2. The van der Waals surface area contributed by atoms with Gasteiger partial charge in [-0.05, 0) is 38.5 Å². The highest BCUT2D eigenvalue weighted by Gasteiger charge is 2.02. The summed E-state index contributed by atoms with van der Waals surface area (Å²) in [5.74, 6) is -0.0108. The predicted molar refractivity (Wildman–Crippen MR) is 75.5 cm³/mol. The van der Waals surface area contributed by atoms with Crippen LogP contribution in [0, 0.1) is 0 Å².